The van der Waals surface area contributed by atoms with Crippen LogP contribution in [0.2, 0.25) is 0 Å². The number of benzene rings is 2. The van der Waals surface area contributed by atoms with E-state index in [2.05, 4.69) is 15.5 Å². The first-order valence-corrected chi connectivity index (χ1v) is 11.5. The molecule has 0 bridgehead atoms. The Morgan fingerprint density at radius 1 is 1.14 bits per heavy atom. The van der Waals surface area contributed by atoms with Gasteiger partial charge in [-0.1, -0.05) is 17.3 Å². The van der Waals surface area contributed by atoms with E-state index >= 15 is 0 Å². The lowest BCUT2D eigenvalue weighted by atomic mass is 9.94. The maximum Gasteiger partial charge on any atom is 0.322 e. The molecule has 1 fully saturated rings. The van der Waals surface area contributed by atoms with E-state index in [-0.39, 0.29) is 30.6 Å². The number of carbonyl (C=O) groups excluding carboxylic acids is 1. The Hall–Kier alpha value is -3.92. The second kappa shape index (κ2) is 8.70. The highest BCUT2D eigenvalue weighted by molar-refractivity contribution is 5.87. The zero-order valence-electron chi connectivity index (χ0n) is 19.0. The zero-order valence-corrected chi connectivity index (χ0v) is 19.0. The minimum atomic E-state index is -0.589. The molecule has 3 aliphatic heterocycles. The number of hydrogen-bond acceptors (Lipinski definition) is 7. The number of urea groups is 1. The Morgan fingerprint density at radius 2 is 1.97 bits per heavy atom. The van der Waals surface area contributed by atoms with E-state index in [1.165, 1.54) is 12.1 Å². The van der Waals surface area contributed by atoms with Crippen LogP contribution in [0.15, 0.2) is 52.7 Å². The van der Waals surface area contributed by atoms with E-state index in [1.54, 1.807) is 29.2 Å². The summed E-state index contributed by atoms with van der Waals surface area (Å²) in [5.74, 6) is 1.55. The molecule has 4 heterocycles. The van der Waals surface area contributed by atoms with Gasteiger partial charge >= 0.3 is 6.03 Å². The Balaban J connectivity index is 1.40. The van der Waals surface area contributed by atoms with Crippen LogP contribution in [-0.4, -0.2) is 47.1 Å². The highest BCUT2D eigenvalue weighted by Gasteiger charge is 2.37. The van der Waals surface area contributed by atoms with Crippen molar-refractivity contribution in [2.45, 2.75) is 31.9 Å². The fourth-order valence-corrected chi connectivity index (χ4v) is 4.66. The zero-order chi connectivity index (χ0) is 23.9. The van der Waals surface area contributed by atoms with Crippen molar-refractivity contribution in [3.8, 4) is 22.9 Å². The normalized spacial score (nSPS) is 21.5. The number of nitrogens with zero attached hydrogens (tertiary/aromatic N) is 3. The van der Waals surface area contributed by atoms with Gasteiger partial charge in [-0.2, -0.15) is 4.98 Å². The maximum atomic E-state index is 13.6. The van der Waals surface area contributed by atoms with Crippen molar-refractivity contribution in [3.05, 3.63) is 65.4 Å². The molecular weight excluding hydrogens is 455 g/mol. The number of fused-ring (bicyclic) bond motifs is 1. The Bertz CT molecular complexity index is 1300. The molecule has 2 unspecified atom stereocenters. The molecule has 180 valence electrons. The van der Waals surface area contributed by atoms with E-state index < -0.39 is 6.04 Å². The summed E-state index contributed by atoms with van der Waals surface area (Å²) in [7, 11) is 0. The number of amides is 2. The number of halogens is 1. The standard InChI is InChI=1S/C25H23FN4O5/c1-14-21(24-28-23(29-35-24)16-6-9-19-20(11-16)34-13-33-19)22(15-4-7-17(26)8-5-15)27-25(31)30(14)12-18-3-2-10-32-18/h4-9,11,18,22H,2-3,10,12-13H2,1H3,(H,27,31). The predicted octanol–water partition coefficient (Wildman–Crippen LogP) is 4.28. The molecular formula is C25H23FN4O5. The second-order valence-corrected chi connectivity index (χ2v) is 8.67. The van der Waals surface area contributed by atoms with E-state index in [0.29, 0.717) is 52.9 Å². The number of hydrogen-bond donors (Lipinski definition) is 1. The van der Waals surface area contributed by atoms with Gasteiger partial charge in [0.25, 0.3) is 5.89 Å². The molecule has 2 aromatic carbocycles. The van der Waals surface area contributed by atoms with Crippen molar-refractivity contribution in [2.75, 3.05) is 19.9 Å². The SMILES string of the molecule is CC1=C(c2nc(-c3ccc4c(c3)OCO4)no2)C(c2ccc(F)cc2)NC(=O)N1CC1CCCO1. The van der Waals surface area contributed by atoms with Crippen LogP contribution in [-0.2, 0) is 4.74 Å². The van der Waals surface area contributed by atoms with Gasteiger partial charge in [-0.25, -0.2) is 9.18 Å². The third-order valence-corrected chi connectivity index (χ3v) is 6.50. The van der Waals surface area contributed by atoms with Gasteiger partial charge in [0, 0.05) is 17.9 Å². The van der Waals surface area contributed by atoms with E-state index in [1.807, 2.05) is 13.0 Å². The van der Waals surface area contributed by atoms with Crippen LogP contribution >= 0.6 is 0 Å². The maximum absolute atomic E-state index is 13.6. The van der Waals surface area contributed by atoms with Crippen molar-refractivity contribution < 1.29 is 27.9 Å². The van der Waals surface area contributed by atoms with Gasteiger partial charge in [0.1, 0.15) is 5.82 Å². The van der Waals surface area contributed by atoms with Gasteiger partial charge in [0.15, 0.2) is 11.5 Å². The molecule has 35 heavy (non-hydrogen) atoms. The van der Waals surface area contributed by atoms with Crippen LogP contribution < -0.4 is 14.8 Å². The average molecular weight is 478 g/mol. The highest BCUT2D eigenvalue weighted by atomic mass is 19.1. The van der Waals surface area contributed by atoms with Crippen LogP contribution in [0.3, 0.4) is 0 Å². The van der Waals surface area contributed by atoms with Crippen molar-refractivity contribution in [2.24, 2.45) is 0 Å². The summed E-state index contributed by atoms with van der Waals surface area (Å²) in [5, 5.41) is 7.20. The molecule has 2 amide bonds. The smallest absolute Gasteiger partial charge is 0.322 e. The quantitative estimate of drug-likeness (QED) is 0.584. The van der Waals surface area contributed by atoms with Crippen LogP contribution in [0.5, 0.6) is 11.5 Å². The number of ether oxygens (including phenoxy) is 3. The van der Waals surface area contributed by atoms with Gasteiger partial charge in [-0.15, -0.1) is 0 Å². The van der Waals surface area contributed by atoms with E-state index in [9.17, 15) is 9.18 Å². The van der Waals surface area contributed by atoms with Crippen LogP contribution in [0.1, 0.15) is 37.3 Å². The van der Waals surface area contributed by atoms with Gasteiger partial charge in [-0.3, -0.25) is 4.90 Å². The number of aromatic nitrogens is 2. The number of rotatable bonds is 5. The lowest BCUT2D eigenvalue weighted by molar-refractivity contribution is 0.0877. The molecule has 1 N–H and O–H groups in total. The van der Waals surface area contributed by atoms with E-state index in [0.717, 1.165) is 12.8 Å². The first kappa shape index (κ1) is 21.6. The van der Waals surface area contributed by atoms with Gasteiger partial charge in [0.2, 0.25) is 12.6 Å². The second-order valence-electron chi connectivity index (χ2n) is 8.67. The highest BCUT2D eigenvalue weighted by Crippen LogP contribution is 2.39. The molecule has 9 nitrogen and oxygen atoms in total. The third kappa shape index (κ3) is 3.99. The average Bonchev–Trinajstić information content (AvgIpc) is 3.63. The third-order valence-electron chi connectivity index (χ3n) is 6.50. The molecule has 1 aromatic heterocycles. The molecule has 1 saturated heterocycles. The fourth-order valence-electron chi connectivity index (χ4n) is 4.66. The number of allylic oxidation sites excluding steroid dienone is 1. The van der Waals surface area contributed by atoms with Gasteiger partial charge in [0.05, 0.1) is 24.3 Å². The van der Waals surface area contributed by atoms with Crippen molar-refractivity contribution in [1.82, 2.24) is 20.4 Å². The van der Waals surface area contributed by atoms with Gasteiger partial charge in [-0.05, 0) is 55.7 Å². The predicted molar refractivity (Wildman–Crippen MR) is 122 cm³/mol. The summed E-state index contributed by atoms with van der Waals surface area (Å²) in [6.07, 6.45) is 1.82. The minimum absolute atomic E-state index is 0.0359. The topological polar surface area (TPSA) is 98.9 Å². The molecule has 0 radical (unpaired) electrons. The molecule has 0 aliphatic carbocycles. The Kier molecular flexibility index (Phi) is 5.37. The summed E-state index contributed by atoms with van der Waals surface area (Å²) in [5.41, 5.74) is 2.73. The number of nitrogens with one attached hydrogen (secondary N) is 1. The lowest BCUT2D eigenvalue weighted by Crippen LogP contribution is -2.48. The van der Waals surface area contributed by atoms with Crippen LogP contribution in [0.4, 0.5) is 9.18 Å². The minimum Gasteiger partial charge on any atom is -0.454 e. The summed E-state index contributed by atoms with van der Waals surface area (Å²) < 4.78 is 35.9. The summed E-state index contributed by atoms with van der Waals surface area (Å²) >= 11 is 0. The first-order chi connectivity index (χ1) is 17.1. The Labute approximate surface area is 200 Å². The van der Waals surface area contributed by atoms with Gasteiger partial charge < -0.3 is 24.1 Å². The van der Waals surface area contributed by atoms with Crippen molar-refractivity contribution in [3.63, 3.8) is 0 Å². The van der Waals surface area contributed by atoms with Crippen molar-refractivity contribution >= 4 is 11.6 Å². The Morgan fingerprint density at radius 3 is 2.77 bits per heavy atom. The summed E-state index contributed by atoms with van der Waals surface area (Å²) in [6, 6.07) is 10.6. The monoisotopic (exact) mass is 478 g/mol. The molecule has 3 aromatic rings. The lowest BCUT2D eigenvalue weighted by Gasteiger charge is -2.36. The van der Waals surface area contributed by atoms with Crippen molar-refractivity contribution in [1.29, 1.82) is 0 Å². The molecule has 6 rings (SSSR count). The van der Waals surface area contributed by atoms with E-state index in [4.69, 9.17) is 18.7 Å². The summed E-state index contributed by atoms with van der Waals surface area (Å²) in [4.78, 5) is 19.4. The molecule has 3 aliphatic rings. The largest absolute Gasteiger partial charge is 0.454 e. The van der Waals surface area contributed by atoms with Crippen LogP contribution in [0.25, 0.3) is 17.0 Å². The number of carbonyl (C=O) groups is 1. The molecule has 10 heteroatoms. The molecule has 0 spiro atoms. The fraction of sp³-hybridized carbons (Fsp3) is 0.320. The van der Waals surface area contributed by atoms with Crippen LogP contribution in [0, 0.1) is 5.82 Å². The molecule has 2 atom stereocenters. The molecule has 0 saturated carbocycles. The summed E-state index contributed by atoms with van der Waals surface area (Å²) in [6.45, 7) is 3.13. The first-order valence-electron chi connectivity index (χ1n) is 11.5.